The summed E-state index contributed by atoms with van der Waals surface area (Å²) in [6.45, 7) is 9.52. The zero-order valence-electron chi connectivity index (χ0n) is 22.7. The number of para-hydroxylation sites is 4. The first-order valence-corrected chi connectivity index (χ1v) is 14.5. The van der Waals surface area contributed by atoms with Crippen LogP contribution >= 0.6 is 11.8 Å². The minimum absolute atomic E-state index is 0.0646. The molecule has 0 spiro atoms. The van der Waals surface area contributed by atoms with Crippen LogP contribution in [0.1, 0.15) is 49.9 Å². The van der Waals surface area contributed by atoms with Gasteiger partial charge in [0.2, 0.25) is 0 Å². The highest BCUT2D eigenvalue weighted by Gasteiger charge is 2.45. The van der Waals surface area contributed by atoms with Crippen molar-refractivity contribution in [2.24, 2.45) is 0 Å². The second-order valence-electron chi connectivity index (χ2n) is 11.9. The van der Waals surface area contributed by atoms with Crippen LogP contribution in [0, 0.1) is 0 Å². The van der Waals surface area contributed by atoms with Crippen molar-refractivity contribution in [2.75, 3.05) is 9.80 Å². The van der Waals surface area contributed by atoms with Gasteiger partial charge in [0.25, 0.3) is 0 Å². The normalized spacial score (nSPS) is 16.9. The quantitative estimate of drug-likeness (QED) is 0.212. The summed E-state index contributed by atoms with van der Waals surface area (Å²) in [5.74, 6) is 0. The first-order chi connectivity index (χ1) is 18.9. The Morgan fingerprint density at radius 1 is 0.462 bits per heavy atom. The molecule has 0 amide bonds. The lowest BCUT2D eigenvalue weighted by Crippen LogP contribution is -2.38. The van der Waals surface area contributed by atoms with Crippen molar-refractivity contribution in [1.29, 1.82) is 0 Å². The van der Waals surface area contributed by atoms with Gasteiger partial charge in [-0.1, -0.05) is 100 Å². The second kappa shape index (κ2) is 7.80. The van der Waals surface area contributed by atoms with Gasteiger partial charge in [-0.3, -0.25) is 0 Å². The van der Waals surface area contributed by atoms with Gasteiger partial charge < -0.3 is 9.80 Å². The Bertz CT molecular complexity index is 1770. The monoisotopic (exact) mass is 522 g/mol. The Hall–Kier alpha value is -3.95. The number of nitrogens with zero attached hydrogens (tertiary/aromatic N) is 2. The molecule has 39 heavy (non-hydrogen) atoms. The molecule has 5 aromatic carbocycles. The zero-order chi connectivity index (χ0) is 26.5. The number of fused-ring (bicyclic) bond motifs is 6. The van der Waals surface area contributed by atoms with Gasteiger partial charge in [-0.25, -0.2) is 0 Å². The van der Waals surface area contributed by atoms with E-state index in [0.29, 0.717) is 0 Å². The maximum Gasteiger partial charge on any atom is 0.0601 e. The van der Waals surface area contributed by atoms with Gasteiger partial charge >= 0.3 is 0 Å². The third-order valence-corrected chi connectivity index (χ3v) is 10.1. The van der Waals surface area contributed by atoms with E-state index in [2.05, 4.69) is 147 Å². The molecule has 3 heteroatoms. The van der Waals surface area contributed by atoms with Crippen LogP contribution < -0.4 is 9.80 Å². The Kier molecular flexibility index (Phi) is 4.60. The summed E-state index contributed by atoms with van der Waals surface area (Å²) in [4.78, 5) is 7.55. The van der Waals surface area contributed by atoms with Crippen LogP contribution in [-0.2, 0) is 10.8 Å². The highest BCUT2D eigenvalue weighted by molar-refractivity contribution is 7.99. The standard InChI is InChI=1S/C36H30N2S/c1-35(2)24-12-5-6-15-28(24)38-29-21-20-23(22-27(29)36(3,4)26-14-11-13-25(35)34(26)38)37-30-16-7-9-18-32(30)39-33-19-10-8-17-31(33)37/h5-22H,1-4H3. The maximum absolute atomic E-state index is 2.53. The molecule has 0 aliphatic carbocycles. The van der Waals surface area contributed by atoms with Gasteiger partial charge in [-0.15, -0.1) is 0 Å². The van der Waals surface area contributed by atoms with Gasteiger partial charge in [0.15, 0.2) is 0 Å². The van der Waals surface area contributed by atoms with E-state index >= 15 is 0 Å². The molecule has 190 valence electrons. The largest absolute Gasteiger partial charge is 0.309 e. The smallest absolute Gasteiger partial charge is 0.0601 e. The van der Waals surface area contributed by atoms with Crippen LogP contribution in [0.5, 0.6) is 0 Å². The molecule has 3 aliphatic rings. The molecule has 3 heterocycles. The van der Waals surface area contributed by atoms with Gasteiger partial charge in [0.05, 0.1) is 28.4 Å². The van der Waals surface area contributed by atoms with Crippen LogP contribution in [0.15, 0.2) is 119 Å². The van der Waals surface area contributed by atoms with Crippen LogP contribution in [0.3, 0.4) is 0 Å². The lowest BCUT2D eigenvalue weighted by molar-refractivity contribution is 0.597. The van der Waals surface area contributed by atoms with Crippen molar-refractivity contribution in [1.82, 2.24) is 0 Å². The fraction of sp³-hybridized carbons (Fsp3) is 0.167. The number of rotatable bonds is 1. The molecule has 0 fully saturated rings. The van der Waals surface area contributed by atoms with Crippen molar-refractivity contribution < 1.29 is 0 Å². The van der Waals surface area contributed by atoms with E-state index in [9.17, 15) is 0 Å². The van der Waals surface area contributed by atoms with Crippen molar-refractivity contribution in [3.63, 3.8) is 0 Å². The zero-order valence-corrected chi connectivity index (χ0v) is 23.5. The van der Waals surface area contributed by atoms with E-state index in [1.54, 1.807) is 0 Å². The summed E-state index contributed by atoms with van der Waals surface area (Å²) in [5.41, 5.74) is 12.9. The minimum atomic E-state index is -0.154. The van der Waals surface area contributed by atoms with Crippen molar-refractivity contribution in [3.05, 3.63) is 131 Å². The number of anilines is 6. The Morgan fingerprint density at radius 2 is 0.974 bits per heavy atom. The molecular weight excluding hydrogens is 492 g/mol. The first kappa shape index (κ1) is 23.0. The lowest BCUT2D eigenvalue weighted by Gasteiger charge is -2.49. The molecule has 0 atom stereocenters. The van der Waals surface area contributed by atoms with E-state index in [4.69, 9.17) is 0 Å². The molecule has 5 aromatic rings. The van der Waals surface area contributed by atoms with Crippen LogP contribution in [0.4, 0.5) is 34.1 Å². The molecule has 0 radical (unpaired) electrons. The fourth-order valence-electron chi connectivity index (χ4n) is 6.99. The molecule has 0 unspecified atom stereocenters. The van der Waals surface area contributed by atoms with E-state index < -0.39 is 0 Å². The summed E-state index contributed by atoms with van der Waals surface area (Å²) in [6, 6.07) is 40.5. The van der Waals surface area contributed by atoms with E-state index in [0.717, 1.165) is 0 Å². The Labute approximate surface area is 234 Å². The van der Waals surface area contributed by atoms with Crippen LogP contribution in [0.25, 0.3) is 0 Å². The number of benzene rings is 5. The van der Waals surface area contributed by atoms with Gasteiger partial charge in [-0.2, -0.15) is 0 Å². The van der Waals surface area contributed by atoms with Crippen molar-refractivity contribution in [3.8, 4) is 0 Å². The average molecular weight is 523 g/mol. The summed E-state index contributed by atoms with van der Waals surface area (Å²) in [7, 11) is 0. The maximum atomic E-state index is 2.53. The molecule has 0 bridgehead atoms. The van der Waals surface area contributed by atoms with E-state index in [1.165, 1.54) is 66.2 Å². The molecule has 2 nitrogen and oxygen atoms in total. The molecule has 0 saturated heterocycles. The number of hydrogen-bond donors (Lipinski definition) is 0. The minimum Gasteiger partial charge on any atom is -0.309 e. The molecule has 8 rings (SSSR count). The molecule has 0 aromatic heterocycles. The number of hydrogen-bond acceptors (Lipinski definition) is 3. The van der Waals surface area contributed by atoms with Gasteiger partial charge in [0, 0.05) is 26.3 Å². The van der Waals surface area contributed by atoms with E-state index in [-0.39, 0.29) is 10.8 Å². The first-order valence-electron chi connectivity index (χ1n) is 13.7. The summed E-state index contributed by atoms with van der Waals surface area (Å²) in [6.07, 6.45) is 0. The molecule has 3 aliphatic heterocycles. The third kappa shape index (κ3) is 3.00. The molecule has 0 N–H and O–H groups in total. The third-order valence-electron chi connectivity index (χ3n) is 9.01. The van der Waals surface area contributed by atoms with Crippen LogP contribution in [0.2, 0.25) is 0 Å². The Balaban J connectivity index is 1.39. The van der Waals surface area contributed by atoms with Gasteiger partial charge in [-0.05, 0) is 70.8 Å². The molecule has 0 saturated carbocycles. The highest BCUT2D eigenvalue weighted by atomic mass is 32.2. The Morgan fingerprint density at radius 3 is 1.64 bits per heavy atom. The SMILES string of the molecule is CC1(C)c2ccccc2N2c3ccc(N4c5ccccc5Sc5ccccc54)cc3C(C)(C)c3cccc1c32. The van der Waals surface area contributed by atoms with Crippen molar-refractivity contribution in [2.45, 2.75) is 48.3 Å². The van der Waals surface area contributed by atoms with Crippen LogP contribution in [-0.4, -0.2) is 0 Å². The summed E-state index contributed by atoms with van der Waals surface area (Å²) >= 11 is 1.86. The summed E-state index contributed by atoms with van der Waals surface area (Å²) < 4.78 is 0. The topological polar surface area (TPSA) is 6.48 Å². The van der Waals surface area contributed by atoms with Crippen molar-refractivity contribution >= 4 is 45.9 Å². The second-order valence-corrected chi connectivity index (χ2v) is 13.0. The molecular formula is C36H30N2S. The average Bonchev–Trinajstić information content (AvgIpc) is 2.95. The predicted molar refractivity (Wildman–Crippen MR) is 164 cm³/mol. The predicted octanol–water partition coefficient (Wildman–Crippen LogP) is 10.4. The van der Waals surface area contributed by atoms with E-state index in [1.807, 2.05) is 11.8 Å². The fourth-order valence-corrected chi connectivity index (χ4v) is 8.05. The highest BCUT2D eigenvalue weighted by Crippen LogP contribution is 2.61. The lowest BCUT2D eigenvalue weighted by atomic mass is 9.66. The summed E-state index contributed by atoms with van der Waals surface area (Å²) in [5, 5.41) is 0. The van der Waals surface area contributed by atoms with Gasteiger partial charge in [0.1, 0.15) is 0 Å².